The van der Waals surface area contributed by atoms with Crippen molar-refractivity contribution in [3.8, 4) is 23.0 Å². The van der Waals surface area contributed by atoms with Crippen LogP contribution in [0.4, 0.5) is 50.9 Å². The average Bonchev–Trinajstić information content (AvgIpc) is 0.731. The third-order valence-corrected chi connectivity index (χ3v) is 19.0. The quantitative estimate of drug-likeness (QED) is 0.0601. The summed E-state index contributed by atoms with van der Waals surface area (Å²) < 4.78 is 160. The Morgan fingerprint density at radius 2 is 0.860 bits per heavy atom. The molecule has 10 aliphatic heterocycles. The van der Waals surface area contributed by atoms with Gasteiger partial charge in [-0.25, -0.2) is 49.1 Å². The van der Waals surface area contributed by atoms with Gasteiger partial charge in [-0.3, -0.25) is 4.39 Å². The van der Waals surface area contributed by atoms with Crippen molar-refractivity contribution >= 4 is 34.5 Å². The van der Waals surface area contributed by atoms with Crippen molar-refractivity contribution in [2.75, 3.05) is 76.4 Å². The van der Waals surface area contributed by atoms with E-state index in [1.165, 1.54) is 0 Å². The van der Waals surface area contributed by atoms with Crippen LogP contribution < -0.4 is 78.7 Å². The first-order chi connectivity index (χ1) is 41.6. The van der Waals surface area contributed by atoms with Crippen LogP contribution in [0.2, 0.25) is 0 Å². The Morgan fingerprint density at radius 1 is 0.500 bits per heavy atom. The molecule has 6 aromatic rings. The lowest BCUT2D eigenvalue weighted by Gasteiger charge is -2.39. The van der Waals surface area contributed by atoms with E-state index in [4.69, 9.17) is 15.6 Å². The van der Waals surface area contributed by atoms with Gasteiger partial charge < -0.3 is 57.9 Å². The number of carboxylic acids is 1. The number of benzene rings is 6. The molecule has 0 N–H and O–H groups in total. The van der Waals surface area contributed by atoms with Crippen LogP contribution in [0.15, 0.2) is 24.3 Å². The van der Waals surface area contributed by atoms with Crippen molar-refractivity contribution in [2.24, 2.45) is 0 Å². The fourth-order valence-electron chi connectivity index (χ4n) is 15.8. The van der Waals surface area contributed by atoms with Crippen molar-refractivity contribution in [1.29, 1.82) is 0 Å². The van der Waals surface area contributed by atoms with Crippen molar-refractivity contribution in [2.45, 2.75) is 103 Å². The molecule has 0 spiro atoms. The van der Waals surface area contributed by atoms with Gasteiger partial charge in [0.1, 0.15) is 54.7 Å². The van der Waals surface area contributed by atoms with Crippen LogP contribution in [0.1, 0.15) is 140 Å². The second kappa shape index (κ2) is 22.2. The summed E-state index contributed by atoms with van der Waals surface area (Å²) in [5.41, 5.74) is 7.37. The molecule has 0 bridgehead atoms. The monoisotopic (exact) mass is 1300 g/mol. The van der Waals surface area contributed by atoms with E-state index in [-0.39, 0.29) is 35.1 Å². The predicted molar refractivity (Wildman–Crippen MR) is 296 cm³/mol. The van der Waals surface area contributed by atoms with E-state index in [0.717, 1.165) is 216 Å². The fourth-order valence-corrected chi connectivity index (χ4v) is 15.8. The minimum absolute atomic E-state index is 0. The van der Waals surface area contributed by atoms with Crippen LogP contribution in [-0.4, -0.2) is 78.6 Å². The molecule has 20 heteroatoms. The number of methoxy groups -OCH3 is 1. The smallest absolute Gasteiger partial charge is 0.341 e. The van der Waals surface area contributed by atoms with E-state index >= 15 is 22.0 Å². The maximum atomic E-state index is 16.1. The molecule has 6 aromatic carbocycles. The number of aryl methyl sites for hydroxylation is 4. The number of nitrogens with zero attached hydrogens (tertiary/aromatic N) is 4. The lowest BCUT2D eigenvalue weighted by Crippen LogP contribution is -3.00. The van der Waals surface area contributed by atoms with E-state index in [1.807, 2.05) is 24.3 Å². The highest BCUT2D eigenvalue weighted by atomic mass is 127. The van der Waals surface area contributed by atoms with Crippen LogP contribution in [-0.2, 0) is 56.1 Å². The number of fused-ring (bicyclic) bond motifs is 8. The first-order valence-electron chi connectivity index (χ1n) is 30.1. The van der Waals surface area contributed by atoms with Gasteiger partial charge in [-0.2, -0.15) is 0 Å². The third kappa shape index (κ3) is 8.60. The van der Waals surface area contributed by atoms with Gasteiger partial charge in [-0.05, 0) is 112 Å². The number of carbonyl (C=O) groups excluding carboxylic acids is 2. The number of carboxylic acid groups (broad SMARTS) is 1. The number of ether oxygens (including phenoxy) is 3. The summed E-state index contributed by atoms with van der Waals surface area (Å²) in [5.74, 6) is -16.8. The van der Waals surface area contributed by atoms with Crippen molar-refractivity contribution in [3.63, 3.8) is 0 Å². The number of halogens is 10. The predicted octanol–water partition coefficient (Wildman–Crippen LogP) is 5.10. The van der Waals surface area contributed by atoms with E-state index in [1.54, 1.807) is 0 Å². The highest BCUT2D eigenvalue weighted by Gasteiger charge is 2.42. The number of hydrogen-bond acceptors (Lipinski definition) is 8. The molecule has 10 heterocycles. The highest BCUT2D eigenvalue weighted by molar-refractivity contribution is 6.01. The van der Waals surface area contributed by atoms with Gasteiger partial charge >= 0.3 is 5.97 Å². The number of aromatic carboxylic acids is 1. The summed E-state index contributed by atoms with van der Waals surface area (Å²) in [6, 6.07) is 7.53. The molecule has 0 saturated carbocycles. The molecule has 0 atom stereocenters. The largest absolute Gasteiger partial charge is 1.00 e. The molecule has 10 aliphatic rings. The van der Waals surface area contributed by atoms with Crippen molar-refractivity contribution in [1.82, 2.24) is 9.15 Å². The third-order valence-electron chi connectivity index (χ3n) is 19.0. The Bertz CT molecular complexity index is 4320. The standard InChI is InChI=1S/C33H29F4N2O3.C32H26F4N2O3.CH3F.HI/c1-41-33(40)24-23(25(34)27(36)28(37)26(24)35)22-20-14-16-6-2-10-38-12-4-8-18(29(16)38)31(20)42-32-19-9-5-13-39-11-3-7-17(30(19)39)15-21(22)32;33-24-22(23(32(39)40)25(34)27(36)26(24)35)21-19-13-15-5-1-9-37-11-3-7-17(28(15)37)30(19)41-31-18-8-4-12-38-10-2-6-16(29(18)38)14-20(21)31;1-2;/h14-15H,2-13H2,1H3;13-14H,1-12H2;1H3;1H/q+1;;;/p-1/i;;1D;. The minimum atomic E-state index is -2.18. The van der Waals surface area contributed by atoms with E-state index < -0.39 is 87.9 Å². The molecule has 0 radical (unpaired) electrons. The van der Waals surface area contributed by atoms with Crippen LogP contribution in [0.3, 0.4) is 0 Å². The lowest BCUT2D eigenvalue weighted by molar-refractivity contribution is -0.255. The summed E-state index contributed by atoms with van der Waals surface area (Å²) in [6.07, 6.45) is 13.2. The molecule has 10 nitrogen and oxygen atoms in total. The van der Waals surface area contributed by atoms with Gasteiger partial charge in [-0.1, -0.05) is 0 Å². The maximum Gasteiger partial charge on any atom is 0.341 e. The van der Waals surface area contributed by atoms with Crippen molar-refractivity contribution in [3.05, 3.63) is 170 Å². The molecule has 0 amide bonds. The number of hydrogen-bond donors (Lipinski definition) is 0. The Labute approximate surface area is 506 Å². The number of carbonyl (C=O) groups is 2. The Hall–Kier alpha value is -7.10. The summed E-state index contributed by atoms with van der Waals surface area (Å²) in [7, 11) is 0.00535. The summed E-state index contributed by atoms with van der Waals surface area (Å²) in [6.45, 7) is 7.30. The molecule has 0 aromatic heterocycles. The zero-order valence-electron chi connectivity index (χ0n) is 48.0. The van der Waals surface area contributed by atoms with E-state index in [2.05, 4.69) is 19.0 Å². The Balaban J connectivity index is 0.000000152. The molecular weight excluding hydrogens is 1240 g/mol. The number of alkyl halides is 1. The number of anilines is 2. The van der Waals surface area contributed by atoms with Crippen LogP contribution in [0, 0.1) is 46.5 Å². The first-order valence-corrected chi connectivity index (χ1v) is 29.4. The Kier molecular flexibility index (Phi) is 14.7. The molecule has 16 rings (SSSR count). The zero-order valence-corrected chi connectivity index (χ0v) is 49.2. The first kappa shape index (κ1) is 56.7. The Morgan fingerprint density at radius 3 is 1.28 bits per heavy atom. The SMILES string of the molecule is COC(=O)c1c(F)c(F)c(F)c(F)c1C1=c2cc3c4c(c2Oc2c1cc1c5c2CCCN5CCC1)CCC[N+]=4CCC3.O=C([O-])c1c(F)c(F)c(F)c(F)c1C1=c2cc3c4c(c2Oc2c1cc1c5c2CCCN5CCC1)CCC[N+]=4CCC3.[2H]CF.[I-]. The van der Waals surface area contributed by atoms with E-state index in [0.29, 0.717) is 57.4 Å². The second-order valence-corrected chi connectivity index (χ2v) is 23.5. The van der Waals surface area contributed by atoms with Gasteiger partial charge in [0.15, 0.2) is 46.5 Å². The van der Waals surface area contributed by atoms with Gasteiger partial charge in [0.25, 0.3) is 0 Å². The molecule has 86 heavy (non-hydrogen) atoms. The normalized spacial score (nSPS) is 17.8. The second-order valence-electron chi connectivity index (χ2n) is 23.5. The van der Waals surface area contributed by atoms with Gasteiger partial charge in [0.2, 0.25) is 10.7 Å². The topological polar surface area (TPSA) is 97.4 Å². The summed E-state index contributed by atoms with van der Waals surface area (Å²) >= 11 is 0. The van der Waals surface area contributed by atoms with Crippen LogP contribution >= 0.6 is 0 Å². The van der Waals surface area contributed by atoms with Crippen LogP contribution in [0.25, 0.3) is 11.1 Å². The zero-order chi connectivity index (χ0) is 59.7. The van der Waals surface area contributed by atoms with Gasteiger partial charge in [-0.15, -0.1) is 0 Å². The molecule has 448 valence electrons. The lowest BCUT2D eigenvalue weighted by atomic mass is 9.81. The molecule has 0 fully saturated rings. The summed E-state index contributed by atoms with van der Waals surface area (Å²) in [4.78, 5) is 29.9. The number of rotatable bonds is 4. The van der Waals surface area contributed by atoms with Crippen molar-refractivity contribution < 1.29 is 93.8 Å². The maximum absolute atomic E-state index is 16.1. The number of esters is 1. The van der Waals surface area contributed by atoms with Crippen LogP contribution in [0.5, 0.6) is 23.0 Å². The molecule has 0 aliphatic carbocycles. The minimum Gasteiger partial charge on any atom is -1.00 e. The summed E-state index contributed by atoms with van der Waals surface area (Å²) in [5, 5.41) is 15.3. The molecule has 0 saturated heterocycles. The fraction of sp³-hybridized carbons (Fsp3) is 0.394. The van der Waals surface area contributed by atoms with Gasteiger partial charge in [0, 0.05) is 135 Å². The van der Waals surface area contributed by atoms with E-state index in [9.17, 15) is 32.3 Å². The highest BCUT2D eigenvalue weighted by Crippen LogP contribution is 2.52. The van der Waals surface area contributed by atoms with Gasteiger partial charge in [0.05, 0.1) is 32.7 Å². The molecular formula is C66H58F9IN4O6. The average molecular weight is 1300 g/mol. The molecule has 0 unspecified atom stereocenters.